The highest BCUT2D eigenvalue weighted by atomic mass is 32.1. The third-order valence-corrected chi connectivity index (χ3v) is 2.60. The summed E-state index contributed by atoms with van der Waals surface area (Å²) in [6, 6.07) is 0. The summed E-state index contributed by atoms with van der Waals surface area (Å²) in [5, 5.41) is 11.9. The van der Waals surface area contributed by atoms with Gasteiger partial charge in [0, 0.05) is 6.54 Å². The van der Waals surface area contributed by atoms with E-state index in [9.17, 15) is 13.2 Å². The first-order valence-electron chi connectivity index (χ1n) is 5.22. The Hall–Kier alpha value is -0.890. The summed E-state index contributed by atoms with van der Waals surface area (Å²) in [6.07, 6.45) is -4.14. The quantitative estimate of drug-likeness (QED) is 0.773. The van der Waals surface area contributed by atoms with Gasteiger partial charge in [0.2, 0.25) is 5.13 Å². The molecule has 17 heavy (non-hydrogen) atoms. The summed E-state index contributed by atoms with van der Waals surface area (Å²) in [5.41, 5.74) is 0. The molecule has 1 aromatic heterocycles. The molecule has 0 aliphatic rings. The molecule has 0 radical (unpaired) electrons. The van der Waals surface area contributed by atoms with Crippen LogP contribution in [0.4, 0.5) is 18.3 Å². The molecule has 98 valence electrons. The third-order valence-electron chi connectivity index (χ3n) is 1.75. The molecule has 8 heteroatoms. The highest BCUT2D eigenvalue weighted by molar-refractivity contribution is 7.15. The van der Waals surface area contributed by atoms with Crippen LogP contribution in [0.3, 0.4) is 0 Å². The van der Waals surface area contributed by atoms with Crippen LogP contribution in [0.25, 0.3) is 0 Å². The van der Waals surface area contributed by atoms with Crippen LogP contribution in [0, 0.1) is 0 Å². The second-order valence-corrected chi connectivity index (χ2v) is 4.41. The normalized spacial score (nSPS) is 11.8. The highest BCUT2D eigenvalue weighted by Gasteiger charge is 2.26. The predicted octanol–water partition coefficient (Wildman–Crippen LogP) is 2.83. The number of hydrogen-bond acceptors (Lipinski definition) is 5. The van der Waals surface area contributed by atoms with Gasteiger partial charge in [0.05, 0.1) is 13.0 Å². The monoisotopic (exact) mass is 269 g/mol. The Kier molecular flexibility index (Phi) is 5.63. The number of halogens is 3. The van der Waals surface area contributed by atoms with Gasteiger partial charge in [-0.1, -0.05) is 18.3 Å². The van der Waals surface area contributed by atoms with Gasteiger partial charge in [-0.15, -0.1) is 10.2 Å². The maximum absolute atomic E-state index is 11.8. The van der Waals surface area contributed by atoms with Crippen LogP contribution in [-0.2, 0) is 11.3 Å². The standard InChI is InChI=1S/C9H14F3N3OS/c1-2-4-13-8-15-14-7(17-8)6-16-5-3-9(10,11)12/h2-6H2,1H3,(H,13,15). The summed E-state index contributed by atoms with van der Waals surface area (Å²) in [6.45, 7) is 2.54. The Morgan fingerprint density at radius 2 is 2.12 bits per heavy atom. The number of nitrogens with zero attached hydrogens (tertiary/aromatic N) is 2. The predicted molar refractivity (Wildman–Crippen MR) is 59.0 cm³/mol. The minimum absolute atomic E-state index is 0.0710. The van der Waals surface area contributed by atoms with Gasteiger partial charge in [0.25, 0.3) is 0 Å². The fourth-order valence-electron chi connectivity index (χ4n) is 0.963. The smallest absolute Gasteiger partial charge is 0.374 e. The molecule has 1 N–H and O–H groups in total. The lowest BCUT2D eigenvalue weighted by molar-refractivity contribution is -0.146. The topological polar surface area (TPSA) is 47.0 Å². The maximum Gasteiger partial charge on any atom is 0.391 e. The molecule has 0 bridgehead atoms. The summed E-state index contributed by atoms with van der Waals surface area (Å²) < 4.78 is 40.3. The molecule has 0 atom stereocenters. The second kappa shape index (κ2) is 6.75. The van der Waals surface area contributed by atoms with E-state index in [0.29, 0.717) is 10.1 Å². The number of alkyl halides is 3. The van der Waals surface area contributed by atoms with Crippen LogP contribution in [0.1, 0.15) is 24.8 Å². The molecule has 0 amide bonds. The lowest BCUT2D eigenvalue weighted by Gasteiger charge is -2.05. The Labute approximate surface area is 101 Å². The lowest BCUT2D eigenvalue weighted by atomic mass is 10.4. The summed E-state index contributed by atoms with van der Waals surface area (Å²) in [4.78, 5) is 0. The van der Waals surface area contributed by atoms with Crippen molar-refractivity contribution in [2.75, 3.05) is 18.5 Å². The van der Waals surface area contributed by atoms with Crippen molar-refractivity contribution in [1.29, 1.82) is 0 Å². The molecule has 1 heterocycles. The third kappa shape index (κ3) is 6.42. The van der Waals surface area contributed by atoms with Gasteiger partial charge >= 0.3 is 6.18 Å². The van der Waals surface area contributed by atoms with Crippen molar-refractivity contribution < 1.29 is 17.9 Å². The van der Waals surface area contributed by atoms with E-state index in [1.807, 2.05) is 6.92 Å². The van der Waals surface area contributed by atoms with E-state index in [1.165, 1.54) is 11.3 Å². The second-order valence-electron chi connectivity index (χ2n) is 3.35. The van der Waals surface area contributed by atoms with Gasteiger partial charge in [0.15, 0.2) is 0 Å². The SMILES string of the molecule is CCCNc1nnc(COCCC(F)(F)F)s1. The first-order valence-corrected chi connectivity index (χ1v) is 6.03. The molecule has 0 aromatic carbocycles. The number of rotatable bonds is 7. The van der Waals surface area contributed by atoms with Crippen LogP contribution < -0.4 is 5.32 Å². The molecule has 0 saturated heterocycles. The first kappa shape index (κ1) is 14.2. The van der Waals surface area contributed by atoms with E-state index in [0.717, 1.165) is 13.0 Å². The molecule has 0 unspecified atom stereocenters. The summed E-state index contributed by atoms with van der Waals surface area (Å²) >= 11 is 1.29. The van der Waals surface area contributed by atoms with Gasteiger partial charge in [-0.25, -0.2) is 0 Å². The molecule has 0 aliphatic heterocycles. The van der Waals surface area contributed by atoms with Gasteiger partial charge in [0.1, 0.15) is 11.6 Å². The van der Waals surface area contributed by atoms with E-state index in [-0.39, 0.29) is 13.2 Å². The molecule has 1 aromatic rings. The zero-order valence-corrected chi connectivity index (χ0v) is 10.2. The molecule has 0 fully saturated rings. The average Bonchev–Trinajstić information content (AvgIpc) is 2.68. The summed E-state index contributed by atoms with van der Waals surface area (Å²) in [5.74, 6) is 0. The van der Waals surface area contributed by atoms with Crippen molar-refractivity contribution in [2.24, 2.45) is 0 Å². The molecule has 0 aliphatic carbocycles. The fraction of sp³-hybridized carbons (Fsp3) is 0.778. The van der Waals surface area contributed by atoms with Gasteiger partial charge in [-0.3, -0.25) is 0 Å². The number of anilines is 1. The molecular weight excluding hydrogens is 255 g/mol. The Balaban J connectivity index is 2.21. The number of hydrogen-bond donors (Lipinski definition) is 1. The summed E-state index contributed by atoms with van der Waals surface area (Å²) in [7, 11) is 0. The average molecular weight is 269 g/mol. The first-order chi connectivity index (χ1) is 8.01. The van der Waals surface area contributed by atoms with Crippen LogP contribution in [0.5, 0.6) is 0 Å². The zero-order chi connectivity index (χ0) is 12.7. The Morgan fingerprint density at radius 1 is 1.35 bits per heavy atom. The van der Waals surface area contributed by atoms with Crippen molar-refractivity contribution in [2.45, 2.75) is 32.5 Å². The molecule has 0 spiro atoms. The molecular formula is C9H14F3N3OS. The fourth-order valence-corrected chi connectivity index (χ4v) is 1.67. The van der Waals surface area contributed by atoms with Crippen molar-refractivity contribution in [3.8, 4) is 0 Å². The van der Waals surface area contributed by atoms with Gasteiger partial charge < -0.3 is 10.1 Å². The molecule has 4 nitrogen and oxygen atoms in total. The number of ether oxygens (including phenoxy) is 1. The number of nitrogens with one attached hydrogen (secondary N) is 1. The van der Waals surface area contributed by atoms with Crippen LogP contribution >= 0.6 is 11.3 Å². The van der Waals surface area contributed by atoms with E-state index < -0.39 is 12.6 Å². The Bertz CT molecular complexity index is 330. The van der Waals surface area contributed by atoms with Crippen LogP contribution in [-0.4, -0.2) is 29.5 Å². The number of aromatic nitrogens is 2. The minimum Gasteiger partial charge on any atom is -0.374 e. The van der Waals surface area contributed by atoms with Crippen LogP contribution in [0.15, 0.2) is 0 Å². The zero-order valence-electron chi connectivity index (χ0n) is 9.38. The largest absolute Gasteiger partial charge is 0.391 e. The molecule has 1 rings (SSSR count). The van der Waals surface area contributed by atoms with Crippen molar-refractivity contribution in [1.82, 2.24) is 10.2 Å². The Morgan fingerprint density at radius 3 is 2.76 bits per heavy atom. The van der Waals surface area contributed by atoms with Crippen molar-refractivity contribution in [3.05, 3.63) is 5.01 Å². The minimum atomic E-state index is -4.17. The van der Waals surface area contributed by atoms with E-state index >= 15 is 0 Å². The lowest BCUT2D eigenvalue weighted by Crippen LogP contribution is -2.11. The van der Waals surface area contributed by atoms with E-state index in [4.69, 9.17) is 4.74 Å². The highest BCUT2D eigenvalue weighted by Crippen LogP contribution is 2.20. The maximum atomic E-state index is 11.8. The van der Waals surface area contributed by atoms with Crippen LogP contribution in [0.2, 0.25) is 0 Å². The van der Waals surface area contributed by atoms with Crippen molar-refractivity contribution >= 4 is 16.5 Å². The van der Waals surface area contributed by atoms with Gasteiger partial charge in [-0.2, -0.15) is 13.2 Å². The molecule has 0 saturated carbocycles. The van der Waals surface area contributed by atoms with E-state index in [2.05, 4.69) is 15.5 Å². The van der Waals surface area contributed by atoms with E-state index in [1.54, 1.807) is 0 Å². The van der Waals surface area contributed by atoms with Crippen molar-refractivity contribution in [3.63, 3.8) is 0 Å². The van der Waals surface area contributed by atoms with Gasteiger partial charge in [-0.05, 0) is 6.42 Å².